The molecule has 0 saturated heterocycles. The van der Waals surface area contributed by atoms with Gasteiger partial charge >= 0.3 is 0 Å². The average molecular weight is 320 g/mol. The lowest BCUT2D eigenvalue weighted by atomic mass is 10.1. The fourth-order valence-corrected chi connectivity index (χ4v) is 2.56. The lowest BCUT2D eigenvalue weighted by Crippen LogP contribution is -2.28. The van der Waals surface area contributed by atoms with E-state index in [-0.39, 0.29) is 11.9 Å². The third-order valence-electron chi connectivity index (χ3n) is 3.99. The van der Waals surface area contributed by atoms with Gasteiger partial charge in [0.2, 0.25) is 0 Å². The molecule has 3 rings (SSSR count). The van der Waals surface area contributed by atoms with Crippen molar-refractivity contribution < 1.29 is 4.79 Å². The highest BCUT2D eigenvalue weighted by atomic mass is 16.2. The Bertz CT molecular complexity index is 809. The van der Waals surface area contributed by atoms with E-state index in [0.717, 1.165) is 23.2 Å². The predicted octanol–water partition coefficient (Wildman–Crippen LogP) is 3.66. The lowest BCUT2D eigenvalue weighted by molar-refractivity contribution is 0.0930. The number of amides is 1. The van der Waals surface area contributed by atoms with Gasteiger partial charge in [0.05, 0.1) is 11.7 Å². The first-order valence-electron chi connectivity index (χ1n) is 8.00. The minimum Gasteiger partial charge on any atom is -0.344 e. The van der Waals surface area contributed by atoms with E-state index >= 15 is 0 Å². The summed E-state index contributed by atoms with van der Waals surface area (Å²) in [6.45, 7) is 4.08. The zero-order valence-electron chi connectivity index (χ0n) is 13.8. The molecule has 1 aromatic carbocycles. The topological polar surface area (TPSA) is 70.7 Å². The molecule has 5 heteroatoms. The van der Waals surface area contributed by atoms with E-state index < -0.39 is 0 Å². The van der Waals surface area contributed by atoms with Crippen LogP contribution in [0.3, 0.4) is 0 Å². The molecule has 0 fully saturated rings. The molecule has 1 atom stereocenters. The summed E-state index contributed by atoms with van der Waals surface area (Å²) in [5.74, 6) is -0.162. The van der Waals surface area contributed by atoms with Crippen LogP contribution in [0, 0.1) is 6.92 Å². The van der Waals surface area contributed by atoms with Gasteiger partial charge in [-0.25, -0.2) is 0 Å². The number of pyridine rings is 1. The number of rotatable bonds is 5. The third-order valence-corrected chi connectivity index (χ3v) is 3.99. The Morgan fingerprint density at radius 1 is 1.17 bits per heavy atom. The molecule has 0 spiro atoms. The molecule has 0 bridgehead atoms. The normalized spacial score (nSPS) is 11.9. The van der Waals surface area contributed by atoms with E-state index in [1.54, 1.807) is 18.5 Å². The van der Waals surface area contributed by atoms with Crippen molar-refractivity contribution in [2.75, 3.05) is 0 Å². The number of hydrogen-bond donors (Lipinski definition) is 2. The van der Waals surface area contributed by atoms with Crippen LogP contribution in [0.25, 0.3) is 11.3 Å². The van der Waals surface area contributed by atoms with E-state index in [1.807, 2.05) is 50.2 Å². The Labute approximate surface area is 141 Å². The van der Waals surface area contributed by atoms with E-state index in [1.165, 1.54) is 5.56 Å². The van der Waals surface area contributed by atoms with Crippen LogP contribution in [-0.2, 0) is 0 Å². The first-order valence-corrected chi connectivity index (χ1v) is 8.00. The van der Waals surface area contributed by atoms with Gasteiger partial charge in [-0.05, 0) is 37.1 Å². The monoisotopic (exact) mass is 320 g/mol. The third kappa shape index (κ3) is 3.51. The highest BCUT2D eigenvalue weighted by Crippen LogP contribution is 2.20. The van der Waals surface area contributed by atoms with Gasteiger partial charge in [-0.3, -0.25) is 14.9 Å². The van der Waals surface area contributed by atoms with Crippen LogP contribution in [0.1, 0.15) is 41.0 Å². The SMILES string of the molecule is CC[C@H](NC(=O)c1cc(-c2ccc(C)cc2)n[nH]1)c1ccncc1. The fraction of sp³-hybridized carbons (Fsp3) is 0.211. The maximum absolute atomic E-state index is 12.5. The fourth-order valence-electron chi connectivity index (χ4n) is 2.56. The second kappa shape index (κ2) is 7.08. The van der Waals surface area contributed by atoms with Gasteiger partial charge in [-0.1, -0.05) is 36.8 Å². The molecular weight excluding hydrogens is 300 g/mol. The lowest BCUT2D eigenvalue weighted by Gasteiger charge is -2.16. The van der Waals surface area contributed by atoms with Crippen LogP contribution in [-0.4, -0.2) is 21.1 Å². The average Bonchev–Trinajstić information content (AvgIpc) is 3.11. The van der Waals surface area contributed by atoms with Crippen molar-refractivity contribution in [3.8, 4) is 11.3 Å². The molecule has 2 aromatic heterocycles. The Hall–Kier alpha value is -2.95. The van der Waals surface area contributed by atoms with Gasteiger partial charge in [-0.2, -0.15) is 5.10 Å². The molecule has 0 aliphatic rings. The summed E-state index contributed by atoms with van der Waals surface area (Å²) in [6.07, 6.45) is 4.26. The summed E-state index contributed by atoms with van der Waals surface area (Å²) >= 11 is 0. The van der Waals surface area contributed by atoms with Crippen LogP contribution in [0.5, 0.6) is 0 Å². The first-order chi connectivity index (χ1) is 11.7. The number of aromatic amines is 1. The number of aryl methyl sites for hydroxylation is 1. The van der Waals surface area contributed by atoms with Gasteiger partial charge in [0.15, 0.2) is 0 Å². The molecular formula is C19H20N4O. The van der Waals surface area contributed by atoms with Gasteiger partial charge in [0.25, 0.3) is 5.91 Å². The molecule has 1 amide bonds. The zero-order valence-corrected chi connectivity index (χ0v) is 13.8. The van der Waals surface area contributed by atoms with Gasteiger partial charge in [-0.15, -0.1) is 0 Å². The largest absolute Gasteiger partial charge is 0.344 e. The van der Waals surface area contributed by atoms with E-state index in [9.17, 15) is 4.79 Å². The molecule has 122 valence electrons. The molecule has 5 nitrogen and oxygen atoms in total. The second-order valence-corrected chi connectivity index (χ2v) is 5.75. The van der Waals surface area contributed by atoms with Crippen molar-refractivity contribution >= 4 is 5.91 Å². The Kier molecular flexibility index (Phi) is 4.70. The number of carbonyl (C=O) groups is 1. The molecule has 0 radical (unpaired) electrons. The first kappa shape index (κ1) is 15.9. The summed E-state index contributed by atoms with van der Waals surface area (Å²) < 4.78 is 0. The molecule has 0 saturated carbocycles. The maximum atomic E-state index is 12.5. The Morgan fingerprint density at radius 2 is 1.88 bits per heavy atom. The number of hydrogen-bond acceptors (Lipinski definition) is 3. The highest BCUT2D eigenvalue weighted by Gasteiger charge is 2.16. The number of nitrogens with one attached hydrogen (secondary N) is 2. The highest BCUT2D eigenvalue weighted by molar-refractivity contribution is 5.93. The van der Waals surface area contributed by atoms with Crippen molar-refractivity contribution in [3.05, 3.63) is 71.7 Å². The predicted molar refractivity (Wildman–Crippen MR) is 93.5 cm³/mol. The molecule has 0 unspecified atom stereocenters. The molecule has 0 aliphatic carbocycles. The summed E-state index contributed by atoms with van der Waals surface area (Å²) in [7, 11) is 0. The number of nitrogens with zero attached hydrogens (tertiary/aromatic N) is 2. The minimum absolute atomic E-state index is 0.0494. The summed E-state index contributed by atoms with van der Waals surface area (Å²) in [6, 6.07) is 13.6. The number of H-pyrrole nitrogens is 1. The minimum atomic E-state index is -0.162. The smallest absolute Gasteiger partial charge is 0.269 e. The van der Waals surface area contributed by atoms with E-state index in [0.29, 0.717) is 5.69 Å². The summed E-state index contributed by atoms with van der Waals surface area (Å²) in [5, 5.41) is 10.1. The van der Waals surface area contributed by atoms with Crippen molar-refractivity contribution in [2.24, 2.45) is 0 Å². The van der Waals surface area contributed by atoms with E-state index in [2.05, 4.69) is 20.5 Å². The summed E-state index contributed by atoms with van der Waals surface area (Å²) in [5.41, 5.74) is 4.43. The molecule has 2 N–H and O–H groups in total. The number of benzene rings is 1. The van der Waals surface area contributed by atoms with Crippen molar-refractivity contribution in [3.63, 3.8) is 0 Å². The standard InChI is InChI=1S/C19H20N4O/c1-3-16(15-8-10-20-11-9-15)21-19(24)18-12-17(22-23-18)14-6-4-13(2)5-7-14/h4-12,16H,3H2,1-2H3,(H,21,24)(H,22,23)/t16-/m0/s1. The van der Waals surface area contributed by atoms with Crippen molar-refractivity contribution in [2.45, 2.75) is 26.3 Å². The summed E-state index contributed by atoms with van der Waals surface area (Å²) in [4.78, 5) is 16.5. The van der Waals surface area contributed by atoms with Crippen LogP contribution >= 0.6 is 0 Å². The van der Waals surface area contributed by atoms with E-state index in [4.69, 9.17) is 0 Å². The zero-order chi connectivity index (χ0) is 16.9. The number of aromatic nitrogens is 3. The quantitative estimate of drug-likeness (QED) is 0.753. The molecule has 2 heterocycles. The van der Waals surface area contributed by atoms with Gasteiger partial charge < -0.3 is 5.32 Å². The second-order valence-electron chi connectivity index (χ2n) is 5.75. The Balaban J connectivity index is 1.75. The van der Waals surface area contributed by atoms with Crippen LogP contribution in [0.4, 0.5) is 0 Å². The van der Waals surface area contributed by atoms with Crippen LogP contribution in [0.15, 0.2) is 54.9 Å². The molecule has 3 aromatic rings. The van der Waals surface area contributed by atoms with Crippen molar-refractivity contribution in [1.29, 1.82) is 0 Å². The van der Waals surface area contributed by atoms with Gasteiger partial charge in [0, 0.05) is 18.0 Å². The van der Waals surface area contributed by atoms with Crippen molar-refractivity contribution in [1.82, 2.24) is 20.5 Å². The van der Waals surface area contributed by atoms with Crippen LogP contribution in [0.2, 0.25) is 0 Å². The van der Waals surface area contributed by atoms with Crippen LogP contribution < -0.4 is 5.32 Å². The van der Waals surface area contributed by atoms with Gasteiger partial charge in [0.1, 0.15) is 5.69 Å². The molecule has 24 heavy (non-hydrogen) atoms. The number of carbonyl (C=O) groups excluding carboxylic acids is 1. The molecule has 0 aliphatic heterocycles. The Morgan fingerprint density at radius 3 is 2.54 bits per heavy atom. The maximum Gasteiger partial charge on any atom is 0.269 e.